The normalized spacial score (nSPS) is 17.2. The molecule has 0 N–H and O–H groups in total. The fourth-order valence-electron chi connectivity index (χ4n) is 18.4. The van der Waals surface area contributed by atoms with Crippen molar-refractivity contribution in [2.75, 3.05) is 4.90 Å². The van der Waals surface area contributed by atoms with Crippen LogP contribution in [-0.2, 0) is 5.41 Å². The van der Waals surface area contributed by atoms with E-state index in [0.717, 1.165) is 61.1 Å². The van der Waals surface area contributed by atoms with Crippen LogP contribution in [0.5, 0.6) is 0 Å². The molecular weight excluding hydrogens is 1170 g/mol. The molecule has 8 heteroatoms. The monoisotopic (exact) mass is 1250 g/mol. The summed E-state index contributed by atoms with van der Waals surface area (Å²) in [5.41, 5.74) is 28.9. The Labute approximate surface area is 580 Å². The molecule has 96 heavy (non-hydrogen) atoms. The van der Waals surface area contributed by atoms with Crippen molar-refractivity contribution < 1.29 is 0 Å². The molecule has 4 fully saturated rings. The van der Waals surface area contributed by atoms with E-state index in [0.29, 0.717) is 45.5 Å². The minimum Gasteiger partial charge on any atom is -0.310 e. The molecule has 0 unspecified atom stereocenters. The highest BCUT2D eigenvalue weighted by Gasteiger charge is 2.43. The van der Waals surface area contributed by atoms with Crippen LogP contribution in [0, 0.1) is 0 Å². The van der Waals surface area contributed by atoms with Gasteiger partial charge >= 0.3 is 0 Å². The van der Waals surface area contributed by atoms with Gasteiger partial charge in [-0.15, -0.1) is 10.9 Å². The van der Waals surface area contributed by atoms with Gasteiger partial charge in [-0.05, 0) is 194 Å². The number of aromatic nitrogens is 1. The van der Waals surface area contributed by atoms with Crippen molar-refractivity contribution >= 4 is 127 Å². The Morgan fingerprint density at radius 3 is 1.40 bits per heavy atom. The summed E-state index contributed by atoms with van der Waals surface area (Å²) < 4.78 is 2.34. The number of para-hydroxylation sites is 1. The average molecular weight is 1250 g/mol. The molecule has 10 aromatic carbocycles. The molecule has 3 heterocycles. The summed E-state index contributed by atoms with van der Waals surface area (Å²) in [6.07, 6.45) is 26.2. The SMILES string of the molecule is [B]c1c([B])c([B])c2c(c1[B])c1cc(C(C)(C)C)ccc1n2-c1cc2c3c(c1)N(c1c(-c4ccccc4)cccc1-c1ccccc1)c1ccc(-c4cc(C5CCCCC5)cc(C5CCCCC5)c4)cc1B3c1cc(-c3cc(C4CCCCC4)cc(C4CCCCC4)c3)ccc1S2. The van der Waals surface area contributed by atoms with E-state index in [1.165, 1.54) is 188 Å². The molecule has 2 nitrogen and oxygen atoms in total. The Balaban J connectivity index is 0.966. The Kier molecular flexibility index (Phi) is 16.4. The van der Waals surface area contributed by atoms with Crippen LogP contribution in [0.1, 0.15) is 201 Å². The zero-order valence-corrected chi connectivity index (χ0v) is 57.3. The third kappa shape index (κ3) is 11.0. The Hall–Kier alpha value is -7.53. The van der Waals surface area contributed by atoms with Gasteiger partial charge in [0, 0.05) is 48.9 Å². The molecule has 466 valence electrons. The molecule has 4 aliphatic carbocycles. The third-order valence-corrected chi connectivity index (χ3v) is 24.7. The number of benzene rings is 10. The van der Waals surface area contributed by atoms with Gasteiger partial charge in [-0.2, -0.15) is 0 Å². The van der Waals surface area contributed by atoms with Gasteiger partial charge in [0.2, 0.25) is 6.71 Å². The predicted molar refractivity (Wildman–Crippen MR) is 416 cm³/mol. The molecule has 0 atom stereocenters. The number of nitrogens with zero attached hydrogens (tertiary/aromatic N) is 2. The summed E-state index contributed by atoms with van der Waals surface area (Å²) in [6.45, 7) is 6.66. The zero-order valence-electron chi connectivity index (χ0n) is 56.5. The van der Waals surface area contributed by atoms with Crippen LogP contribution in [-0.4, -0.2) is 42.7 Å². The van der Waals surface area contributed by atoms with E-state index in [1.54, 1.807) is 22.3 Å². The van der Waals surface area contributed by atoms with Crippen LogP contribution in [0.15, 0.2) is 192 Å². The maximum atomic E-state index is 7.40. The Bertz CT molecular complexity index is 4690. The van der Waals surface area contributed by atoms with E-state index in [4.69, 9.17) is 31.4 Å². The molecule has 0 amide bonds. The van der Waals surface area contributed by atoms with Crippen molar-refractivity contribution in [2.45, 2.75) is 188 Å². The van der Waals surface area contributed by atoms with Crippen molar-refractivity contribution in [2.24, 2.45) is 0 Å². The molecule has 11 aromatic rings. The van der Waals surface area contributed by atoms with Gasteiger partial charge in [-0.3, -0.25) is 0 Å². The first kappa shape index (κ1) is 62.0. The van der Waals surface area contributed by atoms with Crippen LogP contribution < -0.4 is 43.1 Å². The second-order valence-corrected chi connectivity index (χ2v) is 31.6. The van der Waals surface area contributed by atoms with Gasteiger partial charge < -0.3 is 9.47 Å². The number of rotatable bonds is 10. The molecule has 8 radical (unpaired) electrons. The highest BCUT2D eigenvalue weighted by atomic mass is 32.2. The van der Waals surface area contributed by atoms with Crippen molar-refractivity contribution in [3.05, 3.63) is 210 Å². The van der Waals surface area contributed by atoms with E-state index < -0.39 is 0 Å². The Morgan fingerprint density at radius 2 is 0.885 bits per heavy atom. The van der Waals surface area contributed by atoms with E-state index >= 15 is 0 Å². The molecule has 6 aliphatic rings. The van der Waals surface area contributed by atoms with Gasteiger partial charge in [0.15, 0.2) is 0 Å². The fourth-order valence-corrected chi connectivity index (χ4v) is 19.6. The molecule has 0 bridgehead atoms. The first-order valence-corrected chi connectivity index (χ1v) is 37.4. The highest BCUT2D eigenvalue weighted by molar-refractivity contribution is 8.00. The van der Waals surface area contributed by atoms with Gasteiger partial charge in [-0.25, -0.2) is 0 Å². The standard InChI is InChI=1S/C88H83B5N2S/c1-88(2,3)68-39-41-75-72(51-68)80-81(89)82(90)83(91)84(92)87(80)94(75)69-52-77-85-79(53-69)96-78-42-38-61(67-47-64(56-27-14-6-15-28-56)44-65(48-67)57-29-16-7-17-30-57)50-74(78)93(85)73-49-60(66-45-62(54-23-10-4-11-24-54)43-63(46-66)55-25-12-5-13-26-55)37-40-76(73)95(77)86-70(58-31-18-8-19-32-58)35-22-36-71(86)59-33-20-9-21-34-59/h8-9,18-22,31-57H,4-7,10-17,23-30H2,1-3H3. The first-order chi connectivity index (χ1) is 46.9. The van der Waals surface area contributed by atoms with Crippen LogP contribution in [0.4, 0.5) is 17.1 Å². The number of fused-ring (bicyclic) bond motifs is 7. The van der Waals surface area contributed by atoms with Crippen molar-refractivity contribution in [3.63, 3.8) is 0 Å². The quantitative estimate of drug-likeness (QED) is 0.126. The molecule has 2 aliphatic heterocycles. The van der Waals surface area contributed by atoms with Crippen LogP contribution in [0.2, 0.25) is 0 Å². The number of hydrogen-bond acceptors (Lipinski definition) is 2. The maximum Gasteiger partial charge on any atom is 0.249 e. The lowest BCUT2D eigenvalue weighted by Gasteiger charge is -2.42. The summed E-state index contributed by atoms with van der Waals surface area (Å²) in [7, 11) is 28.5. The summed E-state index contributed by atoms with van der Waals surface area (Å²) in [6, 6.07) is 71.8. The number of hydrogen-bond donors (Lipinski definition) is 0. The smallest absolute Gasteiger partial charge is 0.249 e. The summed E-state index contributed by atoms with van der Waals surface area (Å²) >= 11 is 1.91. The highest BCUT2D eigenvalue weighted by Crippen LogP contribution is 2.52. The summed E-state index contributed by atoms with van der Waals surface area (Å²) in [5, 5.41) is 1.82. The largest absolute Gasteiger partial charge is 0.310 e. The van der Waals surface area contributed by atoms with Crippen LogP contribution >= 0.6 is 11.8 Å². The van der Waals surface area contributed by atoms with E-state index in [1.807, 2.05) is 11.8 Å². The summed E-state index contributed by atoms with van der Waals surface area (Å²) in [5.74, 6) is 2.40. The van der Waals surface area contributed by atoms with Gasteiger partial charge in [0.05, 0.1) is 11.2 Å². The summed E-state index contributed by atoms with van der Waals surface area (Å²) in [4.78, 5) is 5.16. The second kappa shape index (κ2) is 25.4. The second-order valence-electron chi connectivity index (χ2n) is 30.5. The lowest BCUT2D eigenvalue weighted by molar-refractivity contribution is 0.435. The lowest BCUT2D eigenvalue weighted by atomic mass is 9.34. The van der Waals surface area contributed by atoms with Crippen molar-refractivity contribution in [1.82, 2.24) is 4.57 Å². The van der Waals surface area contributed by atoms with E-state index in [9.17, 15) is 0 Å². The zero-order chi connectivity index (χ0) is 64.9. The molecule has 1 aromatic heterocycles. The fraction of sp³-hybridized carbons (Fsp3) is 0.318. The molecule has 0 spiro atoms. The molecular formula is C88H83B5N2S. The molecule has 17 rings (SSSR count). The van der Waals surface area contributed by atoms with Gasteiger partial charge in [-0.1, -0.05) is 272 Å². The predicted octanol–water partition coefficient (Wildman–Crippen LogP) is 18.9. The van der Waals surface area contributed by atoms with Gasteiger partial charge in [0.25, 0.3) is 0 Å². The third-order valence-electron chi connectivity index (χ3n) is 23.6. The minimum absolute atomic E-state index is 0.127. The van der Waals surface area contributed by atoms with Crippen molar-refractivity contribution in [3.8, 4) is 50.2 Å². The average Bonchev–Trinajstić information content (AvgIpc) is 1.09. The number of anilines is 3. The van der Waals surface area contributed by atoms with Crippen LogP contribution in [0.25, 0.3) is 72.0 Å². The topological polar surface area (TPSA) is 8.17 Å². The Morgan fingerprint density at radius 1 is 0.396 bits per heavy atom. The molecule has 4 saturated carbocycles. The lowest BCUT2D eigenvalue weighted by Crippen LogP contribution is -2.60. The minimum atomic E-state index is -0.140. The first-order valence-electron chi connectivity index (χ1n) is 36.6. The van der Waals surface area contributed by atoms with Crippen molar-refractivity contribution in [1.29, 1.82) is 0 Å². The van der Waals surface area contributed by atoms with E-state index in [-0.39, 0.29) is 12.1 Å². The molecule has 0 saturated heterocycles. The van der Waals surface area contributed by atoms with E-state index in [2.05, 4.69) is 212 Å². The van der Waals surface area contributed by atoms with Crippen LogP contribution in [0.3, 0.4) is 0 Å². The van der Waals surface area contributed by atoms with Gasteiger partial charge in [0.1, 0.15) is 31.4 Å². The maximum absolute atomic E-state index is 7.40.